The molecular weight excluding hydrogens is 285 g/mol. The van der Waals surface area contributed by atoms with Crippen LogP contribution in [0.2, 0.25) is 5.02 Å². The molecule has 0 saturated carbocycles. The third-order valence-electron chi connectivity index (χ3n) is 3.19. The summed E-state index contributed by atoms with van der Waals surface area (Å²) in [7, 11) is 0. The molecule has 5 heteroatoms. The molecular formula is C14H17Cl2NO2. The molecule has 1 aliphatic heterocycles. The first-order valence-corrected chi connectivity index (χ1v) is 7.23. The van der Waals surface area contributed by atoms with Crippen LogP contribution in [0, 0.1) is 0 Å². The molecule has 0 spiro atoms. The van der Waals surface area contributed by atoms with E-state index in [-0.39, 0.29) is 11.3 Å². The highest BCUT2D eigenvalue weighted by Gasteiger charge is 2.26. The fraction of sp³-hybridized carbons (Fsp3) is 0.500. The number of hydrogen-bond donors (Lipinski definition) is 0. The standard InChI is InChI=1S/C14H17Cl2NO2/c1-10(19-13-4-2-3-12(16)9-13)14(18)17-7-5-11(15)6-8-17/h2-4,9-11H,5-8H2,1H3. The van der Waals surface area contributed by atoms with Crippen LogP contribution in [0.15, 0.2) is 24.3 Å². The first kappa shape index (κ1) is 14.5. The number of carbonyl (C=O) groups excluding carboxylic acids is 1. The summed E-state index contributed by atoms with van der Waals surface area (Å²) in [5, 5.41) is 0.785. The van der Waals surface area contributed by atoms with Crippen LogP contribution < -0.4 is 4.74 Å². The van der Waals surface area contributed by atoms with Gasteiger partial charge in [-0.15, -0.1) is 11.6 Å². The van der Waals surface area contributed by atoms with E-state index in [4.69, 9.17) is 27.9 Å². The number of benzene rings is 1. The normalized spacial score (nSPS) is 18.2. The minimum absolute atomic E-state index is 0.00328. The highest BCUT2D eigenvalue weighted by molar-refractivity contribution is 6.30. The molecule has 1 aromatic carbocycles. The van der Waals surface area contributed by atoms with Crippen LogP contribution in [0.25, 0.3) is 0 Å². The Kier molecular flexibility index (Phi) is 4.94. The Hall–Kier alpha value is -0.930. The van der Waals surface area contributed by atoms with Gasteiger partial charge in [0.2, 0.25) is 0 Å². The molecule has 1 aromatic rings. The van der Waals surface area contributed by atoms with Gasteiger partial charge in [0.25, 0.3) is 5.91 Å². The minimum atomic E-state index is -0.509. The quantitative estimate of drug-likeness (QED) is 0.802. The third-order valence-corrected chi connectivity index (χ3v) is 3.86. The van der Waals surface area contributed by atoms with Crippen LogP contribution >= 0.6 is 23.2 Å². The van der Waals surface area contributed by atoms with Crippen molar-refractivity contribution >= 4 is 29.1 Å². The van der Waals surface area contributed by atoms with E-state index < -0.39 is 6.10 Å². The molecule has 0 aliphatic carbocycles. The van der Waals surface area contributed by atoms with E-state index in [0.29, 0.717) is 23.9 Å². The summed E-state index contributed by atoms with van der Waals surface area (Å²) in [6, 6.07) is 7.07. The molecule has 2 rings (SSSR count). The predicted molar refractivity (Wildman–Crippen MR) is 77.0 cm³/mol. The van der Waals surface area contributed by atoms with Gasteiger partial charge in [-0.1, -0.05) is 17.7 Å². The lowest BCUT2D eigenvalue weighted by Crippen LogP contribution is -2.45. The number of amides is 1. The largest absolute Gasteiger partial charge is 0.481 e. The maximum absolute atomic E-state index is 12.2. The summed E-state index contributed by atoms with van der Waals surface area (Å²) in [4.78, 5) is 14.0. The molecule has 0 radical (unpaired) electrons. The SMILES string of the molecule is CC(Oc1cccc(Cl)c1)C(=O)N1CCC(Cl)CC1. The first-order valence-electron chi connectivity index (χ1n) is 6.41. The highest BCUT2D eigenvalue weighted by Crippen LogP contribution is 2.20. The van der Waals surface area contributed by atoms with Crippen molar-refractivity contribution in [3.05, 3.63) is 29.3 Å². The second kappa shape index (κ2) is 6.49. The van der Waals surface area contributed by atoms with Crippen molar-refractivity contribution in [3.63, 3.8) is 0 Å². The summed E-state index contributed by atoms with van der Waals surface area (Å²) < 4.78 is 5.63. The lowest BCUT2D eigenvalue weighted by atomic mass is 10.1. The monoisotopic (exact) mass is 301 g/mol. The molecule has 1 atom stereocenters. The Morgan fingerprint density at radius 2 is 2.11 bits per heavy atom. The van der Waals surface area contributed by atoms with Gasteiger partial charge in [-0.25, -0.2) is 0 Å². The number of rotatable bonds is 3. The Morgan fingerprint density at radius 3 is 2.74 bits per heavy atom. The predicted octanol–water partition coefficient (Wildman–Crippen LogP) is 3.34. The van der Waals surface area contributed by atoms with E-state index in [1.54, 1.807) is 31.2 Å². The number of carbonyl (C=O) groups is 1. The molecule has 1 heterocycles. The molecule has 104 valence electrons. The molecule has 19 heavy (non-hydrogen) atoms. The van der Waals surface area contributed by atoms with Crippen molar-refractivity contribution in [2.24, 2.45) is 0 Å². The molecule has 1 aliphatic rings. The van der Waals surface area contributed by atoms with Crippen LogP contribution in [-0.2, 0) is 4.79 Å². The van der Waals surface area contributed by atoms with Crippen LogP contribution in [0.5, 0.6) is 5.75 Å². The van der Waals surface area contributed by atoms with Crippen LogP contribution in [0.4, 0.5) is 0 Å². The van der Waals surface area contributed by atoms with Crippen molar-refractivity contribution in [3.8, 4) is 5.75 Å². The van der Waals surface area contributed by atoms with Gasteiger partial charge in [-0.3, -0.25) is 4.79 Å². The zero-order valence-corrected chi connectivity index (χ0v) is 12.3. The van der Waals surface area contributed by atoms with E-state index in [1.807, 2.05) is 4.90 Å². The van der Waals surface area contributed by atoms with Gasteiger partial charge in [-0.05, 0) is 38.0 Å². The van der Waals surface area contributed by atoms with Crippen LogP contribution in [0.3, 0.4) is 0 Å². The molecule has 0 aromatic heterocycles. The van der Waals surface area contributed by atoms with Gasteiger partial charge >= 0.3 is 0 Å². The molecule has 0 N–H and O–H groups in total. The molecule has 0 bridgehead atoms. The van der Waals surface area contributed by atoms with Crippen LogP contribution in [0.1, 0.15) is 19.8 Å². The van der Waals surface area contributed by atoms with Gasteiger partial charge < -0.3 is 9.64 Å². The molecule has 1 saturated heterocycles. The molecule has 3 nitrogen and oxygen atoms in total. The number of halogens is 2. The third kappa shape index (κ3) is 4.02. The van der Waals surface area contributed by atoms with E-state index in [2.05, 4.69) is 0 Å². The molecule has 1 fully saturated rings. The number of ether oxygens (including phenoxy) is 1. The summed E-state index contributed by atoms with van der Waals surface area (Å²) in [5.74, 6) is 0.615. The van der Waals surface area contributed by atoms with Crippen molar-refractivity contribution in [1.29, 1.82) is 0 Å². The second-order valence-corrected chi connectivity index (χ2v) is 5.77. The average Bonchev–Trinajstić information content (AvgIpc) is 2.39. The maximum atomic E-state index is 12.2. The van der Waals surface area contributed by atoms with Gasteiger partial charge in [0.15, 0.2) is 6.10 Å². The fourth-order valence-corrected chi connectivity index (χ4v) is 2.50. The van der Waals surface area contributed by atoms with E-state index in [0.717, 1.165) is 12.8 Å². The van der Waals surface area contributed by atoms with Crippen molar-refractivity contribution in [1.82, 2.24) is 4.90 Å². The molecule has 1 unspecified atom stereocenters. The van der Waals surface area contributed by atoms with Crippen molar-refractivity contribution in [2.75, 3.05) is 13.1 Å². The smallest absolute Gasteiger partial charge is 0.263 e. The summed E-state index contributed by atoms with van der Waals surface area (Å²) in [6.07, 6.45) is 1.18. The van der Waals surface area contributed by atoms with E-state index in [1.165, 1.54) is 0 Å². The van der Waals surface area contributed by atoms with Gasteiger partial charge in [0, 0.05) is 23.5 Å². The Morgan fingerprint density at radius 1 is 1.42 bits per heavy atom. The maximum Gasteiger partial charge on any atom is 0.263 e. The Bertz CT molecular complexity index is 445. The second-order valence-electron chi connectivity index (χ2n) is 4.72. The lowest BCUT2D eigenvalue weighted by molar-refractivity contribution is -0.138. The average molecular weight is 302 g/mol. The van der Waals surface area contributed by atoms with E-state index >= 15 is 0 Å². The summed E-state index contributed by atoms with van der Waals surface area (Å²) in [6.45, 7) is 3.17. The number of nitrogens with zero attached hydrogens (tertiary/aromatic N) is 1. The van der Waals surface area contributed by atoms with Gasteiger partial charge in [0.1, 0.15) is 5.75 Å². The van der Waals surface area contributed by atoms with E-state index in [9.17, 15) is 4.79 Å². The number of hydrogen-bond acceptors (Lipinski definition) is 2. The zero-order chi connectivity index (χ0) is 13.8. The zero-order valence-electron chi connectivity index (χ0n) is 10.8. The topological polar surface area (TPSA) is 29.5 Å². The fourth-order valence-electron chi connectivity index (χ4n) is 2.12. The molecule has 1 amide bonds. The highest BCUT2D eigenvalue weighted by atomic mass is 35.5. The minimum Gasteiger partial charge on any atom is -0.481 e. The van der Waals surface area contributed by atoms with Gasteiger partial charge in [0.05, 0.1) is 0 Å². The summed E-state index contributed by atoms with van der Waals surface area (Å²) in [5.41, 5.74) is 0. The van der Waals surface area contributed by atoms with Crippen molar-refractivity contribution < 1.29 is 9.53 Å². The Balaban J connectivity index is 1.92. The number of likely N-dealkylation sites (tertiary alicyclic amines) is 1. The Labute approximate surface area is 123 Å². The van der Waals surface area contributed by atoms with Gasteiger partial charge in [-0.2, -0.15) is 0 Å². The van der Waals surface area contributed by atoms with Crippen LogP contribution in [-0.4, -0.2) is 35.4 Å². The first-order chi connectivity index (χ1) is 9.06. The van der Waals surface area contributed by atoms with Crippen molar-refractivity contribution in [2.45, 2.75) is 31.2 Å². The lowest BCUT2D eigenvalue weighted by Gasteiger charge is -2.31. The number of piperidine rings is 1. The number of alkyl halides is 1. The summed E-state index contributed by atoms with van der Waals surface area (Å²) >= 11 is 11.9.